The minimum Gasteiger partial charge on any atom is -0.491 e. The summed E-state index contributed by atoms with van der Waals surface area (Å²) < 4.78 is 51.8. The van der Waals surface area contributed by atoms with E-state index in [9.17, 15) is 18.0 Å². The number of nitrogens with one attached hydrogen (secondary N) is 1. The van der Waals surface area contributed by atoms with Gasteiger partial charge in [-0.3, -0.25) is 14.8 Å². The third-order valence-electron chi connectivity index (χ3n) is 5.42. The number of halogens is 3. The third kappa shape index (κ3) is 6.48. The fraction of sp³-hybridized carbons (Fsp3) is 0.360. The van der Waals surface area contributed by atoms with E-state index in [0.717, 1.165) is 34.0 Å². The molecule has 8 nitrogen and oxygen atoms in total. The van der Waals surface area contributed by atoms with Gasteiger partial charge in [-0.2, -0.15) is 13.2 Å². The average Bonchev–Trinajstić information content (AvgIpc) is 2.83. The molecule has 0 spiro atoms. The number of hydrogen-bond acceptors (Lipinski definition) is 7. The maximum atomic E-state index is 12.8. The van der Waals surface area contributed by atoms with Crippen LogP contribution in [-0.2, 0) is 11.2 Å². The number of nitrogens with zero attached hydrogens (tertiary/aromatic N) is 3. The molecule has 0 unspecified atom stereocenters. The second-order valence-electron chi connectivity index (χ2n) is 8.31. The summed E-state index contributed by atoms with van der Waals surface area (Å²) in [6.45, 7) is 2.45. The van der Waals surface area contributed by atoms with E-state index in [0.29, 0.717) is 18.6 Å². The van der Waals surface area contributed by atoms with Gasteiger partial charge in [0, 0.05) is 36.0 Å². The normalized spacial score (nSPS) is 15.1. The molecule has 0 saturated heterocycles. The molecule has 1 amide bonds. The lowest BCUT2D eigenvalue weighted by Crippen LogP contribution is -2.42. The predicted molar refractivity (Wildman–Crippen MR) is 124 cm³/mol. The first-order valence-corrected chi connectivity index (χ1v) is 11.3. The maximum absolute atomic E-state index is 12.8. The number of fused-ring (bicyclic) bond motifs is 1. The van der Waals surface area contributed by atoms with Gasteiger partial charge in [0.15, 0.2) is 0 Å². The van der Waals surface area contributed by atoms with Gasteiger partial charge in [0.2, 0.25) is 5.88 Å². The van der Waals surface area contributed by atoms with Crippen LogP contribution in [0.1, 0.15) is 27.3 Å². The van der Waals surface area contributed by atoms with Crippen LogP contribution >= 0.6 is 0 Å². The van der Waals surface area contributed by atoms with Gasteiger partial charge in [-0.05, 0) is 26.0 Å². The molecule has 1 aromatic carbocycles. The van der Waals surface area contributed by atoms with Crippen molar-refractivity contribution in [3.05, 3.63) is 65.2 Å². The maximum Gasteiger partial charge on any atom is 0.411 e. The summed E-state index contributed by atoms with van der Waals surface area (Å²) in [6, 6.07) is 8.50. The van der Waals surface area contributed by atoms with E-state index in [1.165, 1.54) is 18.3 Å². The fourth-order valence-electron chi connectivity index (χ4n) is 3.85. The van der Waals surface area contributed by atoms with Crippen molar-refractivity contribution in [3.63, 3.8) is 0 Å². The summed E-state index contributed by atoms with van der Waals surface area (Å²) in [5, 5.41) is 2.96. The van der Waals surface area contributed by atoms with Gasteiger partial charge in [-0.15, -0.1) is 0 Å². The number of aryl methyl sites for hydroxylation is 2. The molecule has 3 aromatic rings. The number of pyridine rings is 1. The Morgan fingerprint density at radius 3 is 2.69 bits per heavy atom. The molecule has 36 heavy (non-hydrogen) atoms. The summed E-state index contributed by atoms with van der Waals surface area (Å²) in [5.41, 5.74) is 4.60. The van der Waals surface area contributed by atoms with Crippen molar-refractivity contribution in [1.29, 1.82) is 0 Å². The minimum atomic E-state index is -4.38. The Morgan fingerprint density at radius 2 is 1.97 bits per heavy atom. The zero-order chi connectivity index (χ0) is 25.7. The first kappa shape index (κ1) is 25.4. The molecule has 4 rings (SSSR count). The lowest BCUT2D eigenvalue weighted by atomic mass is 9.94. The molecule has 1 atom stereocenters. The number of benzene rings is 1. The number of ether oxygens (including phenoxy) is 3. The van der Waals surface area contributed by atoms with Gasteiger partial charge in [0.1, 0.15) is 25.6 Å². The van der Waals surface area contributed by atoms with E-state index in [2.05, 4.69) is 25.0 Å². The standard InChI is InChI=1S/C25H25F3N4O4/c1-15-11-30-23(16(2)31-15)19-4-3-5-21-20(19)10-18(13-36-21)32-24(33)17-6-7-22(29-12-17)35-9-8-34-14-25(26,27)28/h3-7,11-12,18H,8-10,13-14H2,1-2H3,(H,32,33)/t18-/m0/s1. The van der Waals surface area contributed by atoms with Gasteiger partial charge < -0.3 is 19.5 Å². The van der Waals surface area contributed by atoms with Crippen LogP contribution in [0.3, 0.4) is 0 Å². The van der Waals surface area contributed by atoms with Crippen LogP contribution in [0.5, 0.6) is 11.6 Å². The highest BCUT2D eigenvalue weighted by Crippen LogP contribution is 2.34. The zero-order valence-electron chi connectivity index (χ0n) is 19.8. The molecule has 190 valence electrons. The molecule has 1 N–H and O–H groups in total. The van der Waals surface area contributed by atoms with Crippen molar-refractivity contribution in [2.45, 2.75) is 32.5 Å². The molecule has 0 radical (unpaired) electrons. The van der Waals surface area contributed by atoms with Crippen LogP contribution in [-0.4, -0.2) is 59.5 Å². The molecule has 0 bridgehead atoms. The Morgan fingerprint density at radius 1 is 1.14 bits per heavy atom. The second kappa shape index (κ2) is 10.9. The molecular weight excluding hydrogens is 477 g/mol. The van der Waals surface area contributed by atoms with Crippen molar-refractivity contribution in [1.82, 2.24) is 20.3 Å². The summed E-state index contributed by atoms with van der Waals surface area (Å²) in [5.74, 6) is 0.599. The van der Waals surface area contributed by atoms with Crippen LogP contribution in [0, 0.1) is 13.8 Å². The molecule has 0 fully saturated rings. The lowest BCUT2D eigenvalue weighted by Gasteiger charge is -2.28. The Labute approximate surface area is 205 Å². The van der Waals surface area contributed by atoms with Gasteiger partial charge in [-0.1, -0.05) is 12.1 Å². The van der Waals surface area contributed by atoms with Crippen molar-refractivity contribution >= 4 is 5.91 Å². The number of carbonyl (C=O) groups is 1. The topological polar surface area (TPSA) is 95.5 Å². The van der Waals surface area contributed by atoms with E-state index >= 15 is 0 Å². The minimum absolute atomic E-state index is 0.0966. The van der Waals surface area contributed by atoms with E-state index in [1.807, 2.05) is 32.0 Å². The molecule has 1 aliphatic rings. The number of hydrogen-bond donors (Lipinski definition) is 1. The summed E-state index contributed by atoms with van der Waals surface area (Å²) in [4.78, 5) is 25.9. The van der Waals surface area contributed by atoms with Crippen LogP contribution in [0.2, 0.25) is 0 Å². The quantitative estimate of drug-likeness (QED) is 0.468. The molecule has 0 saturated carbocycles. The summed E-state index contributed by atoms with van der Waals surface area (Å²) in [7, 11) is 0. The molecule has 2 aromatic heterocycles. The predicted octanol–water partition coefficient (Wildman–Crippen LogP) is 3.85. The van der Waals surface area contributed by atoms with Crippen LogP contribution in [0.4, 0.5) is 13.2 Å². The van der Waals surface area contributed by atoms with Gasteiger partial charge in [0.25, 0.3) is 5.91 Å². The summed E-state index contributed by atoms with van der Waals surface area (Å²) in [6.07, 6.45) is -0.761. The lowest BCUT2D eigenvalue weighted by molar-refractivity contribution is -0.175. The van der Waals surface area contributed by atoms with Crippen molar-refractivity contribution in [2.75, 3.05) is 26.4 Å². The molecule has 0 aliphatic carbocycles. The molecule has 11 heteroatoms. The highest BCUT2D eigenvalue weighted by molar-refractivity contribution is 5.94. The largest absolute Gasteiger partial charge is 0.491 e. The van der Waals surface area contributed by atoms with Crippen LogP contribution in [0.25, 0.3) is 11.3 Å². The monoisotopic (exact) mass is 502 g/mol. The van der Waals surface area contributed by atoms with E-state index in [-0.39, 0.29) is 31.0 Å². The van der Waals surface area contributed by atoms with Crippen LogP contribution in [0.15, 0.2) is 42.7 Å². The van der Waals surface area contributed by atoms with E-state index in [4.69, 9.17) is 9.47 Å². The highest BCUT2D eigenvalue weighted by atomic mass is 19.4. The van der Waals surface area contributed by atoms with Crippen molar-refractivity contribution < 1.29 is 32.2 Å². The van der Waals surface area contributed by atoms with Crippen molar-refractivity contribution in [2.24, 2.45) is 0 Å². The number of aromatic nitrogens is 3. The fourth-order valence-corrected chi connectivity index (χ4v) is 3.85. The Bertz CT molecular complexity index is 1220. The van der Waals surface area contributed by atoms with Gasteiger partial charge in [-0.25, -0.2) is 4.98 Å². The highest BCUT2D eigenvalue weighted by Gasteiger charge is 2.27. The number of rotatable bonds is 8. The van der Waals surface area contributed by atoms with E-state index < -0.39 is 12.8 Å². The Hall–Kier alpha value is -3.73. The zero-order valence-corrected chi connectivity index (χ0v) is 19.8. The number of amides is 1. The third-order valence-corrected chi connectivity index (χ3v) is 5.42. The number of carbonyl (C=O) groups excluding carboxylic acids is 1. The average molecular weight is 502 g/mol. The second-order valence-corrected chi connectivity index (χ2v) is 8.31. The van der Waals surface area contributed by atoms with Crippen LogP contribution < -0.4 is 14.8 Å². The molecule has 3 heterocycles. The van der Waals surface area contributed by atoms with Gasteiger partial charge in [0.05, 0.1) is 35.3 Å². The first-order valence-electron chi connectivity index (χ1n) is 11.3. The van der Waals surface area contributed by atoms with Crippen molar-refractivity contribution in [3.8, 4) is 22.9 Å². The van der Waals surface area contributed by atoms with E-state index in [1.54, 1.807) is 6.20 Å². The smallest absolute Gasteiger partial charge is 0.411 e. The van der Waals surface area contributed by atoms with Gasteiger partial charge >= 0.3 is 6.18 Å². The summed E-state index contributed by atoms with van der Waals surface area (Å²) >= 11 is 0. The SMILES string of the molecule is Cc1cnc(-c2cccc3c2C[C@H](NC(=O)c2ccc(OCCOCC(F)(F)F)nc2)CO3)c(C)n1. The molecular formula is C25H25F3N4O4. The number of alkyl halides is 3. The molecule has 1 aliphatic heterocycles. The first-order chi connectivity index (χ1) is 17.2. The Balaban J connectivity index is 1.35. The Kier molecular flexibility index (Phi) is 7.68.